The van der Waals surface area contributed by atoms with Crippen LogP contribution in [0.4, 0.5) is 5.69 Å². The Kier molecular flexibility index (Phi) is 19.8. The molecule has 4 N–H and O–H groups in total. The molecule has 0 aliphatic rings. The van der Waals surface area contributed by atoms with E-state index in [4.69, 9.17) is 15.9 Å². The second-order valence-electron chi connectivity index (χ2n) is 1.75. The van der Waals surface area contributed by atoms with Crippen molar-refractivity contribution < 1.29 is 31.9 Å². The van der Waals surface area contributed by atoms with Gasteiger partial charge in [0.25, 0.3) is 0 Å². The molecule has 0 aromatic heterocycles. The van der Waals surface area contributed by atoms with Crippen LogP contribution in [0.2, 0.25) is 0 Å². The summed E-state index contributed by atoms with van der Waals surface area (Å²) in [6.07, 6.45) is 0. The summed E-state index contributed by atoms with van der Waals surface area (Å²) >= 11 is 0. The number of benzene rings is 1. The van der Waals surface area contributed by atoms with Crippen molar-refractivity contribution in [3.63, 3.8) is 0 Å². The van der Waals surface area contributed by atoms with Crippen LogP contribution in [0.3, 0.4) is 0 Å². The standard InChI is InChI=1S/C7H8N.2CH4O.Ti/c1-6-3-2-4-7(8)5-6;2*1-2;/h2-5H,1,8H2;2*2H,1H3;/q-1;;;. The molecular weight excluding hydrogens is 202 g/mol. The maximum atomic E-state index is 7.00. The molecule has 0 saturated carbocycles. The summed E-state index contributed by atoms with van der Waals surface area (Å²) in [4.78, 5) is 0. The van der Waals surface area contributed by atoms with Crippen LogP contribution in [0.15, 0.2) is 24.3 Å². The van der Waals surface area contributed by atoms with Gasteiger partial charge in [-0.05, 0) is 5.69 Å². The first-order valence-corrected chi connectivity index (χ1v) is 3.36. The van der Waals surface area contributed by atoms with Crippen LogP contribution in [0.1, 0.15) is 5.56 Å². The first-order valence-electron chi connectivity index (χ1n) is 3.36. The predicted octanol–water partition coefficient (Wildman–Crippen LogP) is 0.665. The number of aliphatic hydroxyl groups is 2. The van der Waals surface area contributed by atoms with E-state index in [0.29, 0.717) is 0 Å². The van der Waals surface area contributed by atoms with Gasteiger partial charge in [0.15, 0.2) is 0 Å². The third-order valence-corrected chi connectivity index (χ3v) is 0.951. The Labute approximate surface area is 94.5 Å². The Morgan fingerprint density at radius 1 is 1.15 bits per heavy atom. The molecule has 0 unspecified atom stereocenters. The molecule has 0 radical (unpaired) electrons. The molecule has 74 valence electrons. The van der Waals surface area contributed by atoms with E-state index in [9.17, 15) is 0 Å². The van der Waals surface area contributed by atoms with Crippen LogP contribution in [-0.2, 0) is 21.7 Å². The minimum Gasteiger partial charge on any atom is -0.409 e. The molecule has 0 fully saturated rings. The molecule has 0 amide bonds. The molecule has 0 spiro atoms. The van der Waals surface area contributed by atoms with Gasteiger partial charge in [0.1, 0.15) is 0 Å². The summed E-state index contributed by atoms with van der Waals surface area (Å²) in [5.41, 5.74) is 7.16. The van der Waals surface area contributed by atoms with E-state index in [-0.39, 0.29) is 21.7 Å². The third kappa shape index (κ3) is 11.5. The van der Waals surface area contributed by atoms with Crippen LogP contribution >= 0.6 is 0 Å². The normalized spacial score (nSPS) is 6.46. The van der Waals surface area contributed by atoms with Crippen LogP contribution < -0.4 is 5.73 Å². The quantitative estimate of drug-likeness (QED) is 0.340. The molecule has 0 bridgehead atoms. The largest absolute Gasteiger partial charge is 0.409 e. The molecule has 0 heterocycles. The summed E-state index contributed by atoms with van der Waals surface area (Å²) in [7, 11) is 2.00. The van der Waals surface area contributed by atoms with Gasteiger partial charge in [-0.1, -0.05) is 6.07 Å². The smallest absolute Gasteiger partial charge is 0.0319 e. The number of nitrogens with two attached hydrogens (primary N) is 1. The maximum absolute atomic E-state index is 7.00. The topological polar surface area (TPSA) is 66.5 Å². The van der Waals surface area contributed by atoms with Crippen LogP contribution in [0, 0.1) is 6.92 Å². The van der Waals surface area contributed by atoms with E-state index >= 15 is 0 Å². The molecule has 13 heavy (non-hydrogen) atoms. The molecule has 1 rings (SSSR count). The monoisotopic (exact) mass is 218 g/mol. The molecular formula is C9H16NO2Ti-. The second kappa shape index (κ2) is 14.1. The van der Waals surface area contributed by atoms with Gasteiger partial charge in [0.2, 0.25) is 0 Å². The molecule has 1 aromatic carbocycles. The fourth-order valence-electron chi connectivity index (χ4n) is 0.593. The Hall–Kier alpha value is -0.476. The molecule has 0 saturated heterocycles. The van der Waals surface area contributed by atoms with E-state index in [0.717, 1.165) is 25.5 Å². The summed E-state index contributed by atoms with van der Waals surface area (Å²) < 4.78 is 0. The fraction of sp³-hybridized carbons (Fsp3) is 0.222. The van der Waals surface area contributed by atoms with Gasteiger partial charge in [-0.2, -0.15) is 18.6 Å². The van der Waals surface area contributed by atoms with Gasteiger partial charge in [0, 0.05) is 35.9 Å². The Balaban J connectivity index is -0.000000178. The van der Waals surface area contributed by atoms with Crippen molar-refractivity contribution in [2.45, 2.75) is 0 Å². The average Bonchev–Trinajstić information content (AvgIpc) is 2.11. The van der Waals surface area contributed by atoms with Crippen LogP contribution in [0.5, 0.6) is 0 Å². The van der Waals surface area contributed by atoms with Crippen molar-refractivity contribution in [3.8, 4) is 0 Å². The minimum absolute atomic E-state index is 0. The third-order valence-electron chi connectivity index (χ3n) is 0.951. The number of hydrogen-bond acceptors (Lipinski definition) is 3. The SMILES string of the molecule is CO.CO.[CH2-]c1cccc(N)c1.[Ti]. The van der Waals surface area contributed by atoms with Crippen molar-refractivity contribution in [1.82, 2.24) is 0 Å². The summed E-state index contributed by atoms with van der Waals surface area (Å²) in [6.45, 7) is 3.70. The number of aliphatic hydroxyl groups excluding tert-OH is 2. The number of hydrogen-bond donors (Lipinski definition) is 3. The van der Waals surface area contributed by atoms with Gasteiger partial charge >= 0.3 is 0 Å². The predicted molar refractivity (Wildman–Crippen MR) is 51.6 cm³/mol. The molecule has 0 aliphatic carbocycles. The fourth-order valence-corrected chi connectivity index (χ4v) is 0.593. The van der Waals surface area contributed by atoms with Crippen LogP contribution in [-0.4, -0.2) is 24.4 Å². The number of anilines is 1. The first kappa shape index (κ1) is 18.3. The van der Waals surface area contributed by atoms with Crippen molar-refractivity contribution in [3.05, 3.63) is 36.8 Å². The minimum atomic E-state index is 0. The van der Waals surface area contributed by atoms with Crippen molar-refractivity contribution in [2.24, 2.45) is 0 Å². The Bertz CT molecular complexity index is 177. The van der Waals surface area contributed by atoms with Gasteiger partial charge in [-0.25, -0.2) is 0 Å². The van der Waals surface area contributed by atoms with Crippen LogP contribution in [0.25, 0.3) is 0 Å². The van der Waals surface area contributed by atoms with Gasteiger partial charge < -0.3 is 15.9 Å². The van der Waals surface area contributed by atoms with E-state index in [1.807, 2.05) is 24.3 Å². The number of rotatable bonds is 0. The molecule has 0 aliphatic heterocycles. The van der Waals surface area contributed by atoms with E-state index in [2.05, 4.69) is 6.92 Å². The van der Waals surface area contributed by atoms with Gasteiger partial charge in [-0.3, -0.25) is 0 Å². The molecule has 3 nitrogen and oxygen atoms in total. The van der Waals surface area contributed by atoms with E-state index < -0.39 is 0 Å². The molecule has 1 aromatic rings. The zero-order valence-electron chi connectivity index (χ0n) is 7.99. The Morgan fingerprint density at radius 2 is 1.62 bits per heavy atom. The number of nitrogen functional groups attached to an aromatic ring is 1. The summed E-state index contributed by atoms with van der Waals surface area (Å²) in [6, 6.07) is 7.47. The van der Waals surface area contributed by atoms with E-state index in [1.54, 1.807) is 0 Å². The average molecular weight is 218 g/mol. The second-order valence-corrected chi connectivity index (χ2v) is 1.75. The van der Waals surface area contributed by atoms with Crippen molar-refractivity contribution in [2.75, 3.05) is 20.0 Å². The molecule has 4 heteroatoms. The molecule has 0 atom stereocenters. The maximum Gasteiger partial charge on any atom is 0.0319 e. The zero-order valence-corrected chi connectivity index (χ0v) is 9.55. The summed E-state index contributed by atoms with van der Waals surface area (Å²) in [5, 5.41) is 14.0. The zero-order chi connectivity index (χ0) is 9.98. The Morgan fingerprint density at radius 3 is 1.85 bits per heavy atom. The van der Waals surface area contributed by atoms with E-state index in [1.165, 1.54) is 0 Å². The van der Waals surface area contributed by atoms with Crippen molar-refractivity contribution >= 4 is 5.69 Å². The van der Waals surface area contributed by atoms with Crippen molar-refractivity contribution in [1.29, 1.82) is 0 Å². The van der Waals surface area contributed by atoms with Gasteiger partial charge in [0.05, 0.1) is 0 Å². The first-order chi connectivity index (χ1) is 5.79. The summed E-state index contributed by atoms with van der Waals surface area (Å²) in [5.74, 6) is 0. The van der Waals surface area contributed by atoms with Gasteiger partial charge in [-0.15, -0.1) is 12.1 Å².